The number of nitrogens with zero attached hydrogens (tertiary/aromatic N) is 2. The summed E-state index contributed by atoms with van der Waals surface area (Å²) in [6.07, 6.45) is 1.62. The maximum Gasteiger partial charge on any atom is 0.363 e. The van der Waals surface area contributed by atoms with Crippen LogP contribution in [0.1, 0.15) is 22.3 Å². The number of hydrogen-bond donors (Lipinski definition) is 0. The number of nitro benzene ring substituents is 1. The fourth-order valence-electron chi connectivity index (χ4n) is 3.01. The second-order valence-electron chi connectivity index (χ2n) is 6.92. The number of esters is 1. The average molecular weight is 414 g/mol. The third kappa shape index (κ3) is 4.67. The second-order valence-corrected chi connectivity index (χ2v) is 6.92. The van der Waals surface area contributed by atoms with Crippen LogP contribution in [0.3, 0.4) is 0 Å². The summed E-state index contributed by atoms with van der Waals surface area (Å²) in [5, 5.41) is 10.8. The molecule has 0 unspecified atom stereocenters. The molecule has 0 aliphatic carbocycles. The zero-order valence-electron chi connectivity index (χ0n) is 16.6. The highest BCUT2D eigenvalue weighted by Gasteiger charge is 2.24. The van der Waals surface area contributed by atoms with E-state index in [1.165, 1.54) is 29.8 Å². The van der Waals surface area contributed by atoms with Crippen LogP contribution < -0.4 is 4.74 Å². The number of cyclic esters (lactones) is 1. The number of aryl methyl sites for hydroxylation is 1. The molecule has 0 fully saturated rings. The lowest BCUT2D eigenvalue weighted by molar-refractivity contribution is -0.384. The molecule has 0 saturated carbocycles. The minimum Gasteiger partial charge on any atom is -0.489 e. The van der Waals surface area contributed by atoms with E-state index in [-0.39, 0.29) is 17.3 Å². The van der Waals surface area contributed by atoms with E-state index >= 15 is 0 Å². The molecule has 7 heteroatoms. The van der Waals surface area contributed by atoms with Crippen LogP contribution >= 0.6 is 0 Å². The van der Waals surface area contributed by atoms with Crippen LogP contribution in [0.25, 0.3) is 6.08 Å². The van der Waals surface area contributed by atoms with E-state index in [0.717, 1.165) is 16.9 Å². The summed E-state index contributed by atoms with van der Waals surface area (Å²) in [5.74, 6) is 0.257. The Kier molecular flexibility index (Phi) is 5.57. The lowest BCUT2D eigenvalue weighted by Gasteiger charge is -2.08. The number of carbonyl (C=O) groups is 1. The van der Waals surface area contributed by atoms with Gasteiger partial charge in [-0.1, -0.05) is 36.4 Å². The second kappa shape index (κ2) is 8.62. The normalized spacial score (nSPS) is 14.3. The van der Waals surface area contributed by atoms with Crippen LogP contribution in [0.5, 0.6) is 5.75 Å². The van der Waals surface area contributed by atoms with Gasteiger partial charge in [0.25, 0.3) is 5.69 Å². The van der Waals surface area contributed by atoms with E-state index in [0.29, 0.717) is 12.2 Å². The number of benzene rings is 3. The largest absolute Gasteiger partial charge is 0.489 e. The van der Waals surface area contributed by atoms with Crippen LogP contribution in [0.2, 0.25) is 0 Å². The molecule has 7 nitrogen and oxygen atoms in total. The molecule has 3 aromatic carbocycles. The predicted octanol–water partition coefficient (Wildman–Crippen LogP) is 4.83. The first-order valence-electron chi connectivity index (χ1n) is 9.54. The van der Waals surface area contributed by atoms with Gasteiger partial charge in [-0.15, -0.1) is 0 Å². The molecule has 3 aromatic rings. The first-order valence-corrected chi connectivity index (χ1v) is 9.54. The van der Waals surface area contributed by atoms with Crippen LogP contribution in [-0.4, -0.2) is 16.8 Å². The fourth-order valence-corrected chi connectivity index (χ4v) is 3.01. The Labute approximate surface area is 178 Å². The average Bonchev–Trinajstić information content (AvgIpc) is 3.14. The number of aliphatic imine (C=N–C) groups is 1. The maximum absolute atomic E-state index is 12.2. The number of non-ortho nitro benzene ring substituents is 1. The van der Waals surface area contributed by atoms with Crippen molar-refractivity contribution in [2.45, 2.75) is 13.5 Å². The molecule has 0 saturated heterocycles. The Morgan fingerprint density at radius 2 is 1.74 bits per heavy atom. The first-order chi connectivity index (χ1) is 15.0. The number of carbonyl (C=O) groups excluding carboxylic acids is 1. The highest BCUT2D eigenvalue weighted by atomic mass is 16.6. The van der Waals surface area contributed by atoms with Crippen LogP contribution in [0, 0.1) is 17.0 Å². The van der Waals surface area contributed by atoms with Crippen LogP contribution in [0.4, 0.5) is 5.69 Å². The van der Waals surface area contributed by atoms with Gasteiger partial charge in [-0.25, -0.2) is 9.79 Å². The molecule has 4 rings (SSSR count). The lowest BCUT2D eigenvalue weighted by Crippen LogP contribution is -2.05. The summed E-state index contributed by atoms with van der Waals surface area (Å²) in [6.45, 7) is 2.52. The quantitative estimate of drug-likeness (QED) is 0.249. The highest BCUT2D eigenvalue weighted by Crippen LogP contribution is 2.22. The molecular formula is C24H18N2O5. The van der Waals surface area contributed by atoms with Crippen molar-refractivity contribution in [3.05, 3.63) is 111 Å². The van der Waals surface area contributed by atoms with Crippen molar-refractivity contribution < 1.29 is 19.2 Å². The number of hydrogen-bond acceptors (Lipinski definition) is 6. The molecule has 0 aromatic heterocycles. The minimum atomic E-state index is -0.576. The minimum absolute atomic E-state index is 0.0471. The summed E-state index contributed by atoms with van der Waals surface area (Å²) in [4.78, 5) is 26.7. The van der Waals surface area contributed by atoms with Crippen molar-refractivity contribution in [3.8, 4) is 5.75 Å². The Morgan fingerprint density at radius 3 is 2.42 bits per heavy atom. The molecule has 1 aliphatic rings. The van der Waals surface area contributed by atoms with Gasteiger partial charge in [0.2, 0.25) is 5.90 Å². The third-order valence-electron chi connectivity index (χ3n) is 4.78. The summed E-state index contributed by atoms with van der Waals surface area (Å²) in [7, 11) is 0. The van der Waals surface area contributed by atoms with Gasteiger partial charge in [0, 0.05) is 17.7 Å². The summed E-state index contributed by atoms with van der Waals surface area (Å²) in [6, 6.07) is 21.0. The molecule has 0 spiro atoms. The zero-order valence-corrected chi connectivity index (χ0v) is 16.6. The van der Waals surface area contributed by atoms with Crippen LogP contribution in [-0.2, 0) is 16.1 Å². The van der Waals surface area contributed by atoms with Crippen molar-refractivity contribution >= 4 is 23.6 Å². The third-order valence-corrected chi connectivity index (χ3v) is 4.78. The number of ether oxygens (including phenoxy) is 2. The summed E-state index contributed by atoms with van der Waals surface area (Å²) >= 11 is 0. The van der Waals surface area contributed by atoms with Gasteiger partial charge >= 0.3 is 5.97 Å². The number of nitro groups is 1. The molecule has 154 valence electrons. The lowest BCUT2D eigenvalue weighted by atomic mass is 10.1. The van der Waals surface area contributed by atoms with Gasteiger partial charge in [-0.2, -0.15) is 0 Å². The Hall–Kier alpha value is -4.26. The fraction of sp³-hybridized carbons (Fsp3) is 0.0833. The SMILES string of the molecule is Cc1ccccc1COc1ccc(/C=C2\N=C(c3ccc([N+](=O)[O-])cc3)OC2=O)cc1. The van der Waals surface area contributed by atoms with Gasteiger partial charge in [-0.05, 0) is 54.0 Å². The van der Waals surface area contributed by atoms with Gasteiger partial charge < -0.3 is 9.47 Å². The Bertz CT molecular complexity index is 1200. The monoisotopic (exact) mass is 414 g/mol. The van der Waals surface area contributed by atoms with Gasteiger partial charge in [0.15, 0.2) is 5.70 Å². The van der Waals surface area contributed by atoms with Crippen molar-refractivity contribution in [2.24, 2.45) is 4.99 Å². The predicted molar refractivity (Wildman–Crippen MR) is 116 cm³/mol. The van der Waals surface area contributed by atoms with E-state index in [2.05, 4.69) is 4.99 Å². The van der Waals surface area contributed by atoms with Gasteiger partial charge in [-0.3, -0.25) is 10.1 Å². The Morgan fingerprint density at radius 1 is 1.03 bits per heavy atom. The first kappa shape index (κ1) is 20.0. The molecule has 0 N–H and O–H groups in total. The topological polar surface area (TPSA) is 91.0 Å². The van der Waals surface area contributed by atoms with Gasteiger partial charge in [0.1, 0.15) is 12.4 Å². The molecule has 0 radical (unpaired) electrons. The highest BCUT2D eigenvalue weighted by molar-refractivity contribution is 6.12. The molecule has 1 heterocycles. The summed E-state index contributed by atoms with van der Waals surface area (Å²) < 4.78 is 11.0. The van der Waals surface area contributed by atoms with E-state index < -0.39 is 10.9 Å². The Balaban J connectivity index is 1.45. The molecule has 0 atom stereocenters. The van der Waals surface area contributed by atoms with Gasteiger partial charge in [0.05, 0.1) is 4.92 Å². The smallest absolute Gasteiger partial charge is 0.363 e. The zero-order chi connectivity index (χ0) is 21.8. The van der Waals surface area contributed by atoms with E-state index in [1.54, 1.807) is 6.08 Å². The molecule has 0 amide bonds. The molecule has 31 heavy (non-hydrogen) atoms. The van der Waals surface area contributed by atoms with Crippen molar-refractivity contribution in [1.29, 1.82) is 0 Å². The van der Waals surface area contributed by atoms with E-state index in [1.807, 2.05) is 55.5 Å². The number of rotatable bonds is 6. The van der Waals surface area contributed by atoms with Crippen LogP contribution in [0.15, 0.2) is 83.5 Å². The van der Waals surface area contributed by atoms with Crippen molar-refractivity contribution in [2.75, 3.05) is 0 Å². The van der Waals surface area contributed by atoms with E-state index in [9.17, 15) is 14.9 Å². The van der Waals surface area contributed by atoms with Crippen molar-refractivity contribution in [3.63, 3.8) is 0 Å². The molecule has 0 bridgehead atoms. The van der Waals surface area contributed by atoms with E-state index in [4.69, 9.17) is 9.47 Å². The molecule has 1 aliphatic heterocycles. The summed E-state index contributed by atoms with van der Waals surface area (Å²) in [5.41, 5.74) is 3.66. The maximum atomic E-state index is 12.2. The molecular weight excluding hydrogens is 396 g/mol. The van der Waals surface area contributed by atoms with Crippen molar-refractivity contribution in [1.82, 2.24) is 0 Å². The standard InChI is InChI=1S/C24H18N2O5/c1-16-4-2-3-5-19(16)15-30-21-12-6-17(7-13-21)14-22-24(27)31-23(25-22)18-8-10-20(11-9-18)26(28)29/h2-14H,15H2,1H3/b22-14-.